The first kappa shape index (κ1) is 16.4. The molecule has 0 aromatic heterocycles. The third-order valence-electron chi connectivity index (χ3n) is 2.23. The Morgan fingerprint density at radius 1 is 1.25 bits per heavy atom. The first-order valence-electron chi connectivity index (χ1n) is 5.96. The molecule has 0 spiro atoms. The van der Waals surface area contributed by atoms with Gasteiger partial charge >= 0.3 is 0 Å². The summed E-state index contributed by atoms with van der Waals surface area (Å²) in [7, 11) is 1.55. The molecule has 0 heterocycles. The molecule has 0 unspecified atom stereocenters. The molecule has 0 radical (unpaired) electrons. The van der Waals surface area contributed by atoms with Crippen molar-refractivity contribution in [2.24, 2.45) is 0 Å². The minimum Gasteiger partial charge on any atom is -0.382 e. The second-order valence-electron chi connectivity index (χ2n) is 3.97. The van der Waals surface area contributed by atoms with Crippen LogP contribution in [0.5, 0.6) is 0 Å². The zero-order chi connectivity index (χ0) is 15.0. The van der Waals surface area contributed by atoms with Gasteiger partial charge < -0.3 is 20.1 Å². The zero-order valence-electron chi connectivity index (χ0n) is 11.4. The number of carbonyl (C=O) groups excluding carboxylic acids is 2. The van der Waals surface area contributed by atoms with Gasteiger partial charge in [0.25, 0.3) is 0 Å². The Labute approximate surface area is 122 Å². The second kappa shape index (κ2) is 8.52. The molecule has 1 aromatic rings. The van der Waals surface area contributed by atoms with Crippen molar-refractivity contribution in [3.05, 3.63) is 23.2 Å². The summed E-state index contributed by atoms with van der Waals surface area (Å²) in [5.74, 6) is -0.532. The molecule has 0 bridgehead atoms. The summed E-state index contributed by atoms with van der Waals surface area (Å²) in [4.78, 5) is 22.6. The number of halogens is 1. The van der Waals surface area contributed by atoms with E-state index in [0.717, 1.165) is 0 Å². The van der Waals surface area contributed by atoms with E-state index in [1.807, 2.05) is 0 Å². The topological polar surface area (TPSA) is 76.7 Å². The summed E-state index contributed by atoms with van der Waals surface area (Å²) < 4.78 is 9.89. The highest BCUT2D eigenvalue weighted by molar-refractivity contribution is 6.33. The molecule has 0 saturated carbocycles. The molecule has 1 aromatic carbocycles. The van der Waals surface area contributed by atoms with Crippen LogP contribution in [0.4, 0.5) is 11.4 Å². The maximum atomic E-state index is 11.6. The van der Waals surface area contributed by atoms with Gasteiger partial charge in [-0.15, -0.1) is 0 Å². The predicted molar refractivity (Wildman–Crippen MR) is 77.1 cm³/mol. The van der Waals surface area contributed by atoms with Gasteiger partial charge in [0.05, 0.1) is 23.9 Å². The van der Waals surface area contributed by atoms with E-state index in [1.54, 1.807) is 25.3 Å². The normalized spacial score (nSPS) is 10.2. The number of amides is 2. The van der Waals surface area contributed by atoms with Gasteiger partial charge in [0, 0.05) is 19.7 Å². The van der Waals surface area contributed by atoms with E-state index in [-0.39, 0.29) is 18.4 Å². The van der Waals surface area contributed by atoms with Crippen LogP contribution in [0, 0.1) is 0 Å². The third-order valence-corrected chi connectivity index (χ3v) is 2.56. The Bertz CT molecular complexity index is 479. The third kappa shape index (κ3) is 6.01. The molecule has 2 N–H and O–H groups in total. The molecule has 20 heavy (non-hydrogen) atoms. The number of nitrogens with one attached hydrogen (secondary N) is 2. The monoisotopic (exact) mass is 300 g/mol. The van der Waals surface area contributed by atoms with Gasteiger partial charge in [-0.3, -0.25) is 9.59 Å². The van der Waals surface area contributed by atoms with Crippen LogP contribution in [0.25, 0.3) is 0 Å². The Kier molecular flexibility index (Phi) is 7.00. The fourth-order valence-electron chi connectivity index (χ4n) is 1.40. The van der Waals surface area contributed by atoms with Gasteiger partial charge in [-0.1, -0.05) is 11.6 Å². The maximum absolute atomic E-state index is 11.6. The van der Waals surface area contributed by atoms with Crippen molar-refractivity contribution < 1.29 is 19.1 Å². The molecular weight excluding hydrogens is 284 g/mol. The standard InChI is InChI=1S/C13H17ClN2O4/c1-9(17)15-10-3-4-11(14)12(7-10)16-13(18)8-20-6-5-19-2/h3-4,7H,5-6,8H2,1-2H3,(H,15,17)(H,16,18). The van der Waals surface area contributed by atoms with Crippen LogP contribution in [-0.2, 0) is 19.1 Å². The Hall–Kier alpha value is -1.63. The highest BCUT2D eigenvalue weighted by Gasteiger charge is 2.07. The van der Waals surface area contributed by atoms with E-state index in [9.17, 15) is 9.59 Å². The van der Waals surface area contributed by atoms with Crippen LogP contribution in [0.3, 0.4) is 0 Å². The number of hydrogen-bond donors (Lipinski definition) is 2. The summed E-state index contributed by atoms with van der Waals surface area (Å²) in [6.07, 6.45) is 0. The smallest absolute Gasteiger partial charge is 0.250 e. The van der Waals surface area contributed by atoms with E-state index in [1.165, 1.54) is 6.92 Å². The van der Waals surface area contributed by atoms with Crippen molar-refractivity contribution in [1.29, 1.82) is 0 Å². The molecule has 0 atom stereocenters. The Morgan fingerprint density at radius 3 is 2.65 bits per heavy atom. The van der Waals surface area contributed by atoms with E-state index < -0.39 is 0 Å². The number of methoxy groups -OCH3 is 1. The second-order valence-corrected chi connectivity index (χ2v) is 4.38. The number of hydrogen-bond acceptors (Lipinski definition) is 4. The lowest BCUT2D eigenvalue weighted by Crippen LogP contribution is -2.20. The Morgan fingerprint density at radius 2 is 2.00 bits per heavy atom. The number of anilines is 2. The predicted octanol–water partition coefficient (Wildman–Crippen LogP) is 1.90. The maximum Gasteiger partial charge on any atom is 0.250 e. The highest BCUT2D eigenvalue weighted by Crippen LogP contribution is 2.25. The molecule has 0 aliphatic rings. The van der Waals surface area contributed by atoms with Crippen LogP contribution < -0.4 is 10.6 Å². The average Bonchev–Trinajstić information content (AvgIpc) is 2.38. The fourth-order valence-corrected chi connectivity index (χ4v) is 1.56. The SMILES string of the molecule is COCCOCC(=O)Nc1cc(NC(C)=O)ccc1Cl. The highest BCUT2D eigenvalue weighted by atomic mass is 35.5. The molecule has 0 fully saturated rings. The number of carbonyl (C=O) groups is 2. The quantitative estimate of drug-likeness (QED) is 0.754. The lowest BCUT2D eigenvalue weighted by molar-refractivity contribution is -0.121. The zero-order valence-corrected chi connectivity index (χ0v) is 12.1. The fraction of sp³-hybridized carbons (Fsp3) is 0.385. The molecular formula is C13H17ClN2O4. The largest absolute Gasteiger partial charge is 0.382 e. The molecule has 7 heteroatoms. The molecule has 1 rings (SSSR count). The van der Waals surface area contributed by atoms with Gasteiger partial charge in [-0.2, -0.15) is 0 Å². The first-order chi connectivity index (χ1) is 9.52. The van der Waals surface area contributed by atoms with Gasteiger partial charge in [-0.25, -0.2) is 0 Å². The molecule has 0 aliphatic heterocycles. The summed E-state index contributed by atoms with van der Waals surface area (Å²) in [6.45, 7) is 2.07. The number of rotatable bonds is 7. The van der Waals surface area contributed by atoms with Crippen molar-refractivity contribution in [3.8, 4) is 0 Å². The van der Waals surface area contributed by atoms with Crippen molar-refractivity contribution in [2.45, 2.75) is 6.92 Å². The lowest BCUT2D eigenvalue weighted by Gasteiger charge is -2.10. The summed E-state index contributed by atoms with van der Waals surface area (Å²) >= 11 is 5.97. The number of ether oxygens (including phenoxy) is 2. The summed E-state index contributed by atoms with van der Waals surface area (Å²) in [5, 5.41) is 5.60. The van der Waals surface area contributed by atoms with Crippen molar-refractivity contribution in [1.82, 2.24) is 0 Å². The van der Waals surface area contributed by atoms with Crippen LogP contribution in [0.1, 0.15) is 6.92 Å². The summed E-state index contributed by atoms with van der Waals surface area (Å²) in [6, 6.07) is 4.82. The van der Waals surface area contributed by atoms with Gasteiger partial charge in [-0.05, 0) is 18.2 Å². The minimum atomic E-state index is -0.331. The van der Waals surface area contributed by atoms with E-state index in [0.29, 0.717) is 29.6 Å². The molecule has 6 nitrogen and oxygen atoms in total. The minimum absolute atomic E-state index is 0.0932. The summed E-state index contributed by atoms with van der Waals surface area (Å²) in [5.41, 5.74) is 0.968. The van der Waals surface area contributed by atoms with Crippen molar-refractivity contribution in [2.75, 3.05) is 37.6 Å². The van der Waals surface area contributed by atoms with Crippen molar-refractivity contribution in [3.63, 3.8) is 0 Å². The molecule has 2 amide bonds. The Balaban J connectivity index is 2.57. The molecule has 0 saturated heterocycles. The average molecular weight is 301 g/mol. The van der Waals surface area contributed by atoms with E-state index in [4.69, 9.17) is 21.1 Å². The lowest BCUT2D eigenvalue weighted by atomic mass is 10.2. The van der Waals surface area contributed by atoms with Crippen LogP contribution in [0.15, 0.2) is 18.2 Å². The molecule has 110 valence electrons. The molecule has 0 aliphatic carbocycles. The number of benzene rings is 1. The van der Waals surface area contributed by atoms with E-state index in [2.05, 4.69) is 10.6 Å². The van der Waals surface area contributed by atoms with Crippen LogP contribution in [0.2, 0.25) is 5.02 Å². The van der Waals surface area contributed by atoms with Gasteiger partial charge in [0.1, 0.15) is 6.61 Å². The van der Waals surface area contributed by atoms with Crippen molar-refractivity contribution >= 4 is 34.8 Å². The van der Waals surface area contributed by atoms with E-state index >= 15 is 0 Å². The van der Waals surface area contributed by atoms with Crippen LogP contribution in [-0.4, -0.2) is 38.7 Å². The van der Waals surface area contributed by atoms with Crippen LogP contribution >= 0.6 is 11.6 Å². The van der Waals surface area contributed by atoms with Gasteiger partial charge in [0.2, 0.25) is 11.8 Å². The first-order valence-corrected chi connectivity index (χ1v) is 6.34. The van der Waals surface area contributed by atoms with Gasteiger partial charge in [0.15, 0.2) is 0 Å².